The molecule has 2 nitrogen and oxygen atoms in total. The van der Waals surface area contributed by atoms with Gasteiger partial charge in [0.15, 0.2) is 0 Å². The van der Waals surface area contributed by atoms with Crippen molar-refractivity contribution in [3.63, 3.8) is 0 Å². The molecule has 0 fully saturated rings. The minimum absolute atomic E-state index is 0.403. The van der Waals surface area contributed by atoms with Gasteiger partial charge in [0.25, 0.3) is 0 Å². The van der Waals surface area contributed by atoms with Crippen molar-refractivity contribution in [3.8, 4) is 0 Å². The standard InChI is InChI=1S/C8H9N2/c1-10-8(9)7-5-3-2-4-6-7/h2-5H,1H3,(H2,9,10). The van der Waals surface area contributed by atoms with Gasteiger partial charge in [0.1, 0.15) is 5.84 Å². The molecule has 1 radical (unpaired) electrons. The summed E-state index contributed by atoms with van der Waals surface area (Å²) in [6.45, 7) is 0. The van der Waals surface area contributed by atoms with Crippen LogP contribution >= 0.6 is 0 Å². The van der Waals surface area contributed by atoms with Crippen molar-refractivity contribution in [1.82, 2.24) is 5.32 Å². The Labute approximate surface area is 60.4 Å². The molecule has 0 aromatic heterocycles. The van der Waals surface area contributed by atoms with Gasteiger partial charge in [0, 0.05) is 12.6 Å². The van der Waals surface area contributed by atoms with Crippen LogP contribution in [0.2, 0.25) is 0 Å². The third-order valence-electron chi connectivity index (χ3n) is 1.23. The van der Waals surface area contributed by atoms with Gasteiger partial charge in [-0.2, -0.15) is 0 Å². The average molecular weight is 133 g/mol. The lowest BCUT2D eigenvalue weighted by Crippen LogP contribution is -2.17. The van der Waals surface area contributed by atoms with Crippen molar-refractivity contribution < 1.29 is 0 Å². The van der Waals surface area contributed by atoms with E-state index in [1.165, 1.54) is 0 Å². The summed E-state index contributed by atoms with van der Waals surface area (Å²) in [6, 6.07) is 10.3. The van der Waals surface area contributed by atoms with E-state index in [1.54, 1.807) is 13.1 Å². The van der Waals surface area contributed by atoms with Gasteiger partial charge < -0.3 is 5.32 Å². The quantitative estimate of drug-likeness (QED) is 0.435. The summed E-state index contributed by atoms with van der Waals surface area (Å²) >= 11 is 0. The van der Waals surface area contributed by atoms with Crippen LogP contribution in [-0.2, 0) is 0 Å². The highest BCUT2D eigenvalue weighted by Crippen LogP contribution is 1.95. The van der Waals surface area contributed by atoms with Crippen LogP contribution in [0.1, 0.15) is 5.56 Å². The number of hydrogen-bond acceptors (Lipinski definition) is 1. The minimum Gasteiger partial charge on any atom is -0.373 e. The molecule has 1 rings (SSSR count). The van der Waals surface area contributed by atoms with Gasteiger partial charge in [0.05, 0.1) is 0 Å². The fourth-order valence-corrected chi connectivity index (χ4v) is 0.684. The molecule has 0 amide bonds. The highest BCUT2D eigenvalue weighted by atomic mass is 14.9. The van der Waals surface area contributed by atoms with Crippen molar-refractivity contribution in [2.24, 2.45) is 0 Å². The molecule has 0 atom stereocenters. The van der Waals surface area contributed by atoms with Crippen molar-refractivity contribution in [3.05, 3.63) is 35.9 Å². The molecule has 2 heteroatoms. The van der Waals surface area contributed by atoms with Crippen molar-refractivity contribution >= 4 is 5.84 Å². The lowest BCUT2D eigenvalue weighted by Gasteiger charge is -1.99. The Hall–Kier alpha value is -1.31. The molecule has 0 aliphatic heterocycles. The fraction of sp³-hybridized carbons (Fsp3) is 0.125. The molecule has 0 heterocycles. The number of hydrogen-bond donors (Lipinski definition) is 2. The number of rotatable bonds is 1. The molecule has 0 bridgehead atoms. The van der Waals surface area contributed by atoms with Crippen molar-refractivity contribution in [2.75, 3.05) is 7.05 Å². The number of amidine groups is 1. The van der Waals surface area contributed by atoms with Gasteiger partial charge in [-0.25, -0.2) is 0 Å². The van der Waals surface area contributed by atoms with E-state index in [-0.39, 0.29) is 0 Å². The Balaban J connectivity index is 2.85. The molecule has 0 aliphatic rings. The smallest absolute Gasteiger partial charge is 0.125 e. The van der Waals surface area contributed by atoms with E-state index in [2.05, 4.69) is 11.4 Å². The largest absolute Gasteiger partial charge is 0.373 e. The van der Waals surface area contributed by atoms with Gasteiger partial charge >= 0.3 is 0 Å². The Morgan fingerprint density at radius 1 is 1.60 bits per heavy atom. The van der Waals surface area contributed by atoms with E-state index in [0.717, 1.165) is 5.56 Å². The molecule has 2 N–H and O–H groups in total. The summed E-state index contributed by atoms with van der Waals surface area (Å²) in [4.78, 5) is 0. The highest BCUT2D eigenvalue weighted by Gasteiger charge is 1.93. The third kappa shape index (κ3) is 1.35. The summed E-state index contributed by atoms with van der Waals surface area (Å²) in [7, 11) is 1.73. The van der Waals surface area contributed by atoms with Crippen LogP contribution < -0.4 is 5.32 Å². The normalized spacial score (nSPS) is 8.90. The summed E-state index contributed by atoms with van der Waals surface area (Å²) < 4.78 is 0. The molecule has 0 saturated carbocycles. The predicted molar refractivity (Wildman–Crippen MR) is 41.2 cm³/mol. The first-order chi connectivity index (χ1) is 4.84. The zero-order valence-corrected chi connectivity index (χ0v) is 5.81. The van der Waals surface area contributed by atoms with Crippen LogP contribution in [0.4, 0.5) is 0 Å². The monoisotopic (exact) mass is 133 g/mol. The van der Waals surface area contributed by atoms with Crippen LogP contribution in [0.5, 0.6) is 0 Å². The maximum absolute atomic E-state index is 7.34. The topological polar surface area (TPSA) is 35.9 Å². The molecule has 51 valence electrons. The maximum atomic E-state index is 7.34. The minimum atomic E-state index is 0.403. The Morgan fingerprint density at radius 3 is 2.90 bits per heavy atom. The van der Waals surface area contributed by atoms with Gasteiger partial charge in [0.2, 0.25) is 0 Å². The van der Waals surface area contributed by atoms with Gasteiger partial charge in [-0.1, -0.05) is 24.3 Å². The van der Waals surface area contributed by atoms with Crippen LogP contribution in [0.25, 0.3) is 0 Å². The molecular weight excluding hydrogens is 124 g/mol. The van der Waals surface area contributed by atoms with E-state index in [1.807, 2.05) is 18.2 Å². The van der Waals surface area contributed by atoms with E-state index in [4.69, 9.17) is 5.41 Å². The third-order valence-corrected chi connectivity index (χ3v) is 1.23. The Bertz CT molecular complexity index is 216. The molecule has 1 aromatic rings. The Morgan fingerprint density at radius 2 is 2.40 bits per heavy atom. The first-order valence-corrected chi connectivity index (χ1v) is 3.08. The molecular formula is C8H9N2. The predicted octanol–water partition coefficient (Wildman–Crippen LogP) is 1.03. The van der Waals surface area contributed by atoms with Crippen molar-refractivity contribution in [2.45, 2.75) is 0 Å². The van der Waals surface area contributed by atoms with E-state index in [9.17, 15) is 0 Å². The van der Waals surface area contributed by atoms with Gasteiger partial charge in [-0.05, 0) is 6.07 Å². The molecule has 0 unspecified atom stereocenters. The van der Waals surface area contributed by atoms with E-state index < -0.39 is 0 Å². The molecule has 0 saturated heterocycles. The lowest BCUT2D eigenvalue weighted by atomic mass is 10.2. The summed E-state index contributed by atoms with van der Waals surface area (Å²) in [6.07, 6.45) is 0. The first kappa shape index (κ1) is 6.81. The lowest BCUT2D eigenvalue weighted by molar-refractivity contribution is 1.14. The SMILES string of the molecule is CNC(=N)c1[c]cccc1. The van der Waals surface area contributed by atoms with Gasteiger partial charge in [-0.15, -0.1) is 0 Å². The Kier molecular flexibility index (Phi) is 2.05. The average Bonchev–Trinajstić information content (AvgIpc) is 2.05. The molecule has 0 spiro atoms. The first-order valence-electron chi connectivity index (χ1n) is 3.08. The zero-order valence-electron chi connectivity index (χ0n) is 5.81. The second-order valence-corrected chi connectivity index (χ2v) is 1.90. The van der Waals surface area contributed by atoms with Crippen molar-refractivity contribution in [1.29, 1.82) is 5.41 Å². The van der Waals surface area contributed by atoms with Crippen LogP contribution in [0, 0.1) is 11.5 Å². The molecule has 1 aromatic carbocycles. The van der Waals surface area contributed by atoms with Crippen LogP contribution in [-0.4, -0.2) is 12.9 Å². The second kappa shape index (κ2) is 3.01. The second-order valence-electron chi connectivity index (χ2n) is 1.90. The number of benzene rings is 1. The summed E-state index contributed by atoms with van der Waals surface area (Å²) in [5.41, 5.74) is 0.796. The van der Waals surface area contributed by atoms with Crippen LogP contribution in [0.3, 0.4) is 0 Å². The van der Waals surface area contributed by atoms with E-state index >= 15 is 0 Å². The van der Waals surface area contributed by atoms with Crippen LogP contribution in [0.15, 0.2) is 24.3 Å². The highest BCUT2D eigenvalue weighted by molar-refractivity contribution is 5.95. The summed E-state index contributed by atoms with van der Waals surface area (Å²) in [5.74, 6) is 0.403. The zero-order chi connectivity index (χ0) is 7.40. The summed E-state index contributed by atoms with van der Waals surface area (Å²) in [5, 5.41) is 10.1. The number of nitrogens with one attached hydrogen (secondary N) is 2. The molecule has 0 aliphatic carbocycles. The van der Waals surface area contributed by atoms with E-state index in [0.29, 0.717) is 5.84 Å². The van der Waals surface area contributed by atoms with Gasteiger partial charge in [-0.3, -0.25) is 5.41 Å². The fourth-order valence-electron chi connectivity index (χ4n) is 0.684. The molecule has 10 heavy (non-hydrogen) atoms. The maximum Gasteiger partial charge on any atom is 0.125 e.